The van der Waals surface area contributed by atoms with Crippen LogP contribution in [0.25, 0.3) is 5.57 Å². The molecule has 0 fully saturated rings. The van der Waals surface area contributed by atoms with Crippen molar-refractivity contribution in [2.45, 2.75) is 6.42 Å². The normalized spacial score (nSPS) is 14.8. The van der Waals surface area contributed by atoms with Gasteiger partial charge in [-0.15, -0.1) is 0 Å². The average molecular weight is 279 g/mol. The Balaban J connectivity index is 2.24. The molecule has 0 aliphatic carbocycles. The van der Waals surface area contributed by atoms with E-state index in [1.165, 1.54) is 6.07 Å². The van der Waals surface area contributed by atoms with Crippen LogP contribution in [0.4, 0.5) is 5.69 Å². The highest BCUT2D eigenvalue weighted by molar-refractivity contribution is 5.69. The highest BCUT2D eigenvalue weighted by Crippen LogP contribution is 2.32. The van der Waals surface area contributed by atoms with Gasteiger partial charge in [0.05, 0.1) is 24.7 Å². The van der Waals surface area contributed by atoms with Crippen LogP contribution in [0.2, 0.25) is 0 Å². The van der Waals surface area contributed by atoms with Crippen molar-refractivity contribution in [2.75, 3.05) is 33.5 Å². The number of rotatable bonds is 6. The maximum atomic E-state index is 11.0. The highest BCUT2D eigenvalue weighted by atomic mass is 16.6. The van der Waals surface area contributed by atoms with Crippen LogP contribution >= 0.6 is 0 Å². The maximum Gasteiger partial charge on any atom is 0.310 e. The molecule has 0 saturated carbocycles. The van der Waals surface area contributed by atoms with E-state index in [-0.39, 0.29) is 18.0 Å². The number of hydrogen-bond donors (Lipinski definition) is 0. The van der Waals surface area contributed by atoms with Gasteiger partial charge in [-0.2, -0.15) is 0 Å². The molecule has 0 saturated heterocycles. The topological polar surface area (TPSA) is 70.8 Å². The molecular formula is C14H17NO5. The highest BCUT2D eigenvalue weighted by Gasteiger charge is 2.17. The second-order valence-electron chi connectivity index (χ2n) is 4.34. The number of hydrogen-bond acceptors (Lipinski definition) is 5. The molecule has 0 spiro atoms. The molecule has 0 bridgehead atoms. The summed E-state index contributed by atoms with van der Waals surface area (Å²) in [5.74, 6) is 0.275. The Morgan fingerprint density at radius 1 is 1.40 bits per heavy atom. The SMILES string of the molecule is COCCOc1cc(C2=CCOCC2)ccc1[N+](=O)[O-]. The van der Waals surface area contributed by atoms with E-state index in [4.69, 9.17) is 14.2 Å². The Kier molecular flexibility index (Phi) is 5.09. The van der Waals surface area contributed by atoms with Crippen molar-refractivity contribution in [3.05, 3.63) is 40.0 Å². The van der Waals surface area contributed by atoms with E-state index in [1.54, 1.807) is 19.2 Å². The van der Waals surface area contributed by atoms with Crippen molar-refractivity contribution in [2.24, 2.45) is 0 Å². The summed E-state index contributed by atoms with van der Waals surface area (Å²) in [7, 11) is 1.56. The summed E-state index contributed by atoms with van der Waals surface area (Å²) in [6, 6.07) is 4.94. The molecule has 1 aliphatic rings. The van der Waals surface area contributed by atoms with E-state index in [0.717, 1.165) is 17.6 Å². The van der Waals surface area contributed by atoms with Crippen molar-refractivity contribution >= 4 is 11.3 Å². The van der Waals surface area contributed by atoms with Crippen LogP contribution in [0.15, 0.2) is 24.3 Å². The molecule has 6 heteroatoms. The molecule has 108 valence electrons. The smallest absolute Gasteiger partial charge is 0.310 e. The number of nitro groups is 1. The molecule has 6 nitrogen and oxygen atoms in total. The molecule has 0 aromatic heterocycles. The lowest BCUT2D eigenvalue weighted by Crippen LogP contribution is -2.07. The van der Waals surface area contributed by atoms with Crippen molar-refractivity contribution in [1.82, 2.24) is 0 Å². The van der Waals surface area contributed by atoms with Gasteiger partial charge in [0.25, 0.3) is 0 Å². The van der Waals surface area contributed by atoms with Crippen LogP contribution in [0.3, 0.4) is 0 Å². The summed E-state index contributed by atoms with van der Waals surface area (Å²) in [6.45, 7) is 1.91. The third kappa shape index (κ3) is 3.55. The summed E-state index contributed by atoms with van der Waals surface area (Å²) in [5.41, 5.74) is 2.03. The second-order valence-corrected chi connectivity index (χ2v) is 4.34. The zero-order chi connectivity index (χ0) is 14.4. The van der Waals surface area contributed by atoms with Gasteiger partial charge in [-0.25, -0.2) is 0 Å². The first-order chi connectivity index (χ1) is 9.72. The molecule has 20 heavy (non-hydrogen) atoms. The number of nitrogens with zero attached hydrogens (tertiary/aromatic N) is 1. The third-order valence-corrected chi connectivity index (χ3v) is 3.04. The Morgan fingerprint density at radius 3 is 2.90 bits per heavy atom. The summed E-state index contributed by atoms with van der Waals surface area (Å²) < 4.78 is 15.6. The maximum absolute atomic E-state index is 11.0. The quantitative estimate of drug-likeness (QED) is 0.454. The Bertz CT molecular complexity index is 512. The molecule has 1 aromatic rings. The molecule has 0 amide bonds. The van der Waals surface area contributed by atoms with Crippen molar-refractivity contribution < 1.29 is 19.1 Å². The molecule has 1 aromatic carbocycles. The predicted molar refractivity (Wildman–Crippen MR) is 73.9 cm³/mol. The van der Waals surface area contributed by atoms with Gasteiger partial charge in [0.1, 0.15) is 6.61 Å². The third-order valence-electron chi connectivity index (χ3n) is 3.04. The lowest BCUT2D eigenvalue weighted by atomic mass is 10.0. The molecule has 0 N–H and O–H groups in total. The summed E-state index contributed by atoms with van der Waals surface area (Å²) in [5, 5.41) is 11.0. The lowest BCUT2D eigenvalue weighted by Gasteiger charge is -2.15. The van der Waals surface area contributed by atoms with Gasteiger partial charge in [0, 0.05) is 13.2 Å². The largest absolute Gasteiger partial charge is 0.484 e. The molecular weight excluding hydrogens is 262 g/mol. The number of nitro benzene ring substituents is 1. The number of methoxy groups -OCH3 is 1. The predicted octanol–water partition coefficient (Wildman–Crippen LogP) is 2.42. The Morgan fingerprint density at radius 2 is 2.25 bits per heavy atom. The molecule has 1 aliphatic heterocycles. The van der Waals surface area contributed by atoms with Crippen LogP contribution < -0.4 is 4.74 Å². The van der Waals surface area contributed by atoms with Crippen LogP contribution in [-0.4, -0.2) is 38.5 Å². The number of benzene rings is 1. The van der Waals surface area contributed by atoms with Gasteiger partial charge < -0.3 is 14.2 Å². The van der Waals surface area contributed by atoms with E-state index in [9.17, 15) is 10.1 Å². The molecule has 1 heterocycles. The second kappa shape index (κ2) is 7.02. The minimum absolute atomic E-state index is 0.0301. The van der Waals surface area contributed by atoms with Crippen molar-refractivity contribution in [3.8, 4) is 5.75 Å². The van der Waals surface area contributed by atoms with E-state index in [2.05, 4.69) is 0 Å². The van der Waals surface area contributed by atoms with Crippen LogP contribution in [-0.2, 0) is 9.47 Å². The first-order valence-corrected chi connectivity index (χ1v) is 6.39. The first kappa shape index (κ1) is 14.5. The Hall–Kier alpha value is -1.92. The monoisotopic (exact) mass is 279 g/mol. The van der Waals surface area contributed by atoms with Crippen molar-refractivity contribution in [1.29, 1.82) is 0 Å². The fraction of sp³-hybridized carbons (Fsp3) is 0.429. The first-order valence-electron chi connectivity index (χ1n) is 6.39. The standard InChI is InChI=1S/C14H17NO5/c1-18-8-9-20-14-10-12(2-3-13(14)15(16)17)11-4-6-19-7-5-11/h2-4,10H,5-9H2,1H3. The van der Waals surface area contributed by atoms with E-state index >= 15 is 0 Å². The van der Waals surface area contributed by atoms with Crippen LogP contribution in [0.1, 0.15) is 12.0 Å². The summed E-state index contributed by atoms with van der Waals surface area (Å²) >= 11 is 0. The molecule has 0 radical (unpaired) electrons. The van der Waals surface area contributed by atoms with E-state index in [1.807, 2.05) is 6.08 Å². The van der Waals surface area contributed by atoms with Crippen molar-refractivity contribution in [3.63, 3.8) is 0 Å². The average Bonchev–Trinajstić information content (AvgIpc) is 2.48. The lowest BCUT2D eigenvalue weighted by molar-refractivity contribution is -0.385. The minimum Gasteiger partial charge on any atom is -0.484 e. The zero-order valence-corrected chi connectivity index (χ0v) is 11.3. The minimum atomic E-state index is -0.440. The van der Waals surface area contributed by atoms with E-state index in [0.29, 0.717) is 19.8 Å². The van der Waals surface area contributed by atoms with Gasteiger partial charge in [-0.3, -0.25) is 10.1 Å². The molecule has 0 atom stereocenters. The Labute approximate surface area is 117 Å². The molecule has 0 unspecified atom stereocenters. The summed E-state index contributed by atoms with van der Waals surface area (Å²) in [6.07, 6.45) is 2.79. The van der Waals surface area contributed by atoms with Gasteiger partial charge in [-0.1, -0.05) is 6.08 Å². The van der Waals surface area contributed by atoms with Gasteiger partial charge >= 0.3 is 5.69 Å². The van der Waals surface area contributed by atoms with Gasteiger partial charge in [0.15, 0.2) is 5.75 Å². The van der Waals surface area contributed by atoms with E-state index < -0.39 is 4.92 Å². The zero-order valence-electron chi connectivity index (χ0n) is 11.3. The molecule has 2 rings (SSSR count). The summed E-state index contributed by atoms with van der Waals surface area (Å²) in [4.78, 5) is 10.6. The fourth-order valence-electron chi connectivity index (χ4n) is 2.00. The fourth-order valence-corrected chi connectivity index (χ4v) is 2.00. The van der Waals surface area contributed by atoms with Gasteiger partial charge in [0.2, 0.25) is 0 Å². The van der Waals surface area contributed by atoms with Crippen LogP contribution in [0.5, 0.6) is 5.75 Å². The van der Waals surface area contributed by atoms with Crippen LogP contribution in [0, 0.1) is 10.1 Å². The number of ether oxygens (including phenoxy) is 3. The van der Waals surface area contributed by atoms with Gasteiger partial charge in [-0.05, 0) is 29.7 Å².